The first-order valence-electron chi connectivity index (χ1n) is 5.02. The molecular formula is C9H18N6O. The predicted molar refractivity (Wildman–Crippen MR) is 62.5 cm³/mol. The van der Waals surface area contributed by atoms with Crippen LogP contribution in [0.15, 0.2) is 6.07 Å². The number of hydrogen-bond donors (Lipinski definition) is 3. The summed E-state index contributed by atoms with van der Waals surface area (Å²) < 4.78 is 5.24. The van der Waals surface area contributed by atoms with Crippen molar-refractivity contribution < 1.29 is 4.74 Å². The van der Waals surface area contributed by atoms with Crippen LogP contribution in [0, 0.1) is 0 Å². The zero-order valence-electron chi connectivity index (χ0n) is 9.82. The van der Waals surface area contributed by atoms with Gasteiger partial charge in [0.25, 0.3) is 0 Å². The second-order valence-electron chi connectivity index (χ2n) is 3.34. The minimum atomic E-state index is 0.369. The molecule has 0 fully saturated rings. The Labute approximate surface area is 94.9 Å². The lowest BCUT2D eigenvalue weighted by atomic mass is 10.5. The van der Waals surface area contributed by atoms with Crippen molar-refractivity contribution in [2.45, 2.75) is 13.5 Å². The van der Waals surface area contributed by atoms with Crippen LogP contribution >= 0.6 is 0 Å². The molecule has 0 radical (unpaired) electrons. The zero-order chi connectivity index (χ0) is 12.0. The van der Waals surface area contributed by atoms with Crippen molar-refractivity contribution in [3.8, 4) is 0 Å². The number of anilines is 2. The Morgan fingerprint density at radius 1 is 1.38 bits per heavy atom. The molecule has 90 valence electrons. The molecule has 7 heteroatoms. The maximum absolute atomic E-state index is 5.32. The van der Waals surface area contributed by atoms with Crippen LogP contribution in [0.25, 0.3) is 0 Å². The molecule has 0 amide bonds. The molecule has 0 spiro atoms. The predicted octanol–water partition coefficient (Wildman–Crippen LogP) is 0.187. The van der Waals surface area contributed by atoms with Crippen LogP contribution in [0.2, 0.25) is 0 Å². The monoisotopic (exact) mass is 226 g/mol. The van der Waals surface area contributed by atoms with E-state index in [9.17, 15) is 0 Å². The SMILES string of the molecule is CCOCc1nc(NN)cc(NN(C)C)n1. The fourth-order valence-electron chi connectivity index (χ4n) is 1.12. The molecule has 7 nitrogen and oxygen atoms in total. The summed E-state index contributed by atoms with van der Waals surface area (Å²) in [5.74, 6) is 7.13. The summed E-state index contributed by atoms with van der Waals surface area (Å²) in [5, 5.41) is 1.78. The van der Waals surface area contributed by atoms with Crippen LogP contribution in [0.5, 0.6) is 0 Å². The number of aromatic nitrogens is 2. The van der Waals surface area contributed by atoms with Gasteiger partial charge in [-0.2, -0.15) is 0 Å². The molecule has 1 rings (SSSR count). The summed E-state index contributed by atoms with van der Waals surface area (Å²) in [6.07, 6.45) is 0. The van der Waals surface area contributed by atoms with Crippen molar-refractivity contribution in [1.82, 2.24) is 15.0 Å². The van der Waals surface area contributed by atoms with Crippen molar-refractivity contribution in [3.05, 3.63) is 11.9 Å². The van der Waals surface area contributed by atoms with Crippen molar-refractivity contribution in [3.63, 3.8) is 0 Å². The summed E-state index contributed by atoms with van der Waals surface area (Å²) in [6, 6.07) is 1.72. The van der Waals surface area contributed by atoms with Gasteiger partial charge in [-0.05, 0) is 6.92 Å². The Bertz CT molecular complexity index is 330. The van der Waals surface area contributed by atoms with Gasteiger partial charge in [0.15, 0.2) is 5.82 Å². The fraction of sp³-hybridized carbons (Fsp3) is 0.556. The summed E-state index contributed by atoms with van der Waals surface area (Å²) in [4.78, 5) is 8.44. The zero-order valence-corrected chi connectivity index (χ0v) is 9.82. The first-order chi connectivity index (χ1) is 7.65. The third kappa shape index (κ3) is 3.97. The average molecular weight is 226 g/mol. The second kappa shape index (κ2) is 6.21. The molecule has 0 atom stereocenters. The van der Waals surface area contributed by atoms with Crippen LogP contribution in [0.1, 0.15) is 12.7 Å². The number of hydrogen-bond acceptors (Lipinski definition) is 7. The molecule has 1 aromatic heterocycles. The molecule has 0 aliphatic carbocycles. The Morgan fingerprint density at radius 2 is 2.06 bits per heavy atom. The third-order valence-electron chi connectivity index (χ3n) is 1.69. The number of rotatable bonds is 6. The van der Waals surface area contributed by atoms with E-state index in [4.69, 9.17) is 10.6 Å². The molecule has 0 saturated heterocycles. The molecule has 0 aliphatic heterocycles. The highest BCUT2D eigenvalue weighted by Crippen LogP contribution is 2.11. The molecule has 0 aromatic carbocycles. The normalized spacial score (nSPS) is 10.6. The van der Waals surface area contributed by atoms with E-state index < -0.39 is 0 Å². The van der Waals surface area contributed by atoms with Gasteiger partial charge in [0.05, 0.1) is 0 Å². The summed E-state index contributed by atoms with van der Waals surface area (Å²) >= 11 is 0. The smallest absolute Gasteiger partial charge is 0.158 e. The number of nitrogen functional groups attached to an aromatic ring is 1. The van der Waals surface area contributed by atoms with Crippen molar-refractivity contribution in [2.24, 2.45) is 5.84 Å². The molecule has 0 aliphatic rings. The maximum atomic E-state index is 5.32. The maximum Gasteiger partial charge on any atom is 0.158 e. The van der Waals surface area contributed by atoms with E-state index in [-0.39, 0.29) is 0 Å². The van der Waals surface area contributed by atoms with Crippen LogP contribution in [0.3, 0.4) is 0 Å². The Kier molecular flexibility index (Phi) is 4.90. The molecule has 4 N–H and O–H groups in total. The number of ether oxygens (including phenoxy) is 1. The average Bonchev–Trinajstić information content (AvgIpc) is 2.25. The Morgan fingerprint density at radius 3 is 2.62 bits per heavy atom. The third-order valence-corrected chi connectivity index (χ3v) is 1.69. The van der Waals surface area contributed by atoms with Crippen LogP contribution in [-0.4, -0.2) is 35.7 Å². The largest absolute Gasteiger partial charge is 0.374 e. The van der Waals surface area contributed by atoms with Crippen LogP contribution in [-0.2, 0) is 11.3 Å². The minimum absolute atomic E-state index is 0.369. The van der Waals surface area contributed by atoms with E-state index in [1.165, 1.54) is 0 Å². The van der Waals surface area contributed by atoms with E-state index >= 15 is 0 Å². The van der Waals surface area contributed by atoms with Gasteiger partial charge in [-0.3, -0.25) is 0 Å². The summed E-state index contributed by atoms with van der Waals surface area (Å²) in [5.41, 5.74) is 5.52. The second-order valence-corrected chi connectivity index (χ2v) is 3.34. The van der Waals surface area contributed by atoms with Gasteiger partial charge in [0.2, 0.25) is 0 Å². The molecule has 0 bridgehead atoms. The number of hydrazine groups is 2. The van der Waals surface area contributed by atoms with Gasteiger partial charge in [0, 0.05) is 26.8 Å². The molecule has 16 heavy (non-hydrogen) atoms. The van der Waals surface area contributed by atoms with Crippen LogP contribution in [0.4, 0.5) is 11.6 Å². The molecule has 1 aromatic rings. The standard InChI is InChI=1S/C9H18N6O/c1-4-16-6-9-11-7(13-10)5-8(12-9)14-15(2)3/h5H,4,6,10H2,1-3H3,(H2,11,12,13,14). The quantitative estimate of drug-likeness (QED) is 0.471. The molecular weight excluding hydrogens is 208 g/mol. The van der Waals surface area contributed by atoms with E-state index in [0.717, 1.165) is 0 Å². The van der Waals surface area contributed by atoms with E-state index in [0.29, 0.717) is 30.7 Å². The topological polar surface area (TPSA) is 88.3 Å². The van der Waals surface area contributed by atoms with Gasteiger partial charge in [-0.25, -0.2) is 20.8 Å². The van der Waals surface area contributed by atoms with Crippen molar-refractivity contribution in [1.29, 1.82) is 0 Å². The van der Waals surface area contributed by atoms with Gasteiger partial charge < -0.3 is 15.6 Å². The lowest BCUT2D eigenvalue weighted by Gasteiger charge is -2.14. The van der Waals surface area contributed by atoms with Gasteiger partial charge in [0.1, 0.15) is 18.2 Å². The Balaban J connectivity index is 2.82. The fourth-order valence-corrected chi connectivity index (χ4v) is 1.12. The van der Waals surface area contributed by atoms with Gasteiger partial charge in [-0.15, -0.1) is 0 Å². The van der Waals surface area contributed by atoms with Crippen molar-refractivity contribution in [2.75, 3.05) is 31.6 Å². The highest BCUT2D eigenvalue weighted by molar-refractivity contribution is 5.46. The Hall–Kier alpha value is -1.44. The van der Waals surface area contributed by atoms with Crippen molar-refractivity contribution >= 4 is 11.6 Å². The lowest BCUT2D eigenvalue weighted by Crippen LogP contribution is -2.21. The number of nitrogens with one attached hydrogen (secondary N) is 2. The molecule has 1 heterocycles. The highest BCUT2D eigenvalue weighted by Gasteiger charge is 2.04. The summed E-state index contributed by atoms with van der Waals surface area (Å²) in [6.45, 7) is 2.91. The highest BCUT2D eigenvalue weighted by atomic mass is 16.5. The number of nitrogens with two attached hydrogens (primary N) is 1. The number of nitrogens with zero attached hydrogens (tertiary/aromatic N) is 3. The van der Waals surface area contributed by atoms with E-state index in [1.54, 1.807) is 11.1 Å². The van der Waals surface area contributed by atoms with Gasteiger partial charge in [-0.1, -0.05) is 0 Å². The lowest BCUT2D eigenvalue weighted by molar-refractivity contribution is 0.128. The van der Waals surface area contributed by atoms with E-state index in [1.807, 2.05) is 21.0 Å². The minimum Gasteiger partial charge on any atom is -0.374 e. The van der Waals surface area contributed by atoms with Gasteiger partial charge >= 0.3 is 0 Å². The van der Waals surface area contributed by atoms with Crippen LogP contribution < -0.4 is 16.7 Å². The van der Waals surface area contributed by atoms with E-state index in [2.05, 4.69) is 20.8 Å². The molecule has 0 unspecified atom stereocenters. The first kappa shape index (κ1) is 12.6. The summed E-state index contributed by atoms with van der Waals surface area (Å²) in [7, 11) is 3.75. The molecule has 0 saturated carbocycles. The first-order valence-corrected chi connectivity index (χ1v) is 5.02.